The van der Waals surface area contributed by atoms with Crippen molar-refractivity contribution in [2.45, 2.75) is 6.18 Å². The first kappa shape index (κ1) is 18.2. The van der Waals surface area contributed by atoms with Gasteiger partial charge in [0.25, 0.3) is 0 Å². The third-order valence-corrected chi connectivity index (χ3v) is 5.04. The lowest BCUT2D eigenvalue weighted by atomic mass is 10.1. The van der Waals surface area contributed by atoms with Gasteiger partial charge in [0, 0.05) is 11.1 Å². The van der Waals surface area contributed by atoms with E-state index in [1.54, 1.807) is 29.8 Å². The van der Waals surface area contributed by atoms with Crippen LogP contribution in [0.4, 0.5) is 13.2 Å². The van der Waals surface area contributed by atoms with Gasteiger partial charge in [-0.3, -0.25) is 0 Å². The van der Waals surface area contributed by atoms with Crippen LogP contribution >= 0.6 is 11.3 Å². The van der Waals surface area contributed by atoms with Crippen LogP contribution in [0.15, 0.2) is 42.5 Å². The number of fused-ring (bicyclic) bond motifs is 1. The summed E-state index contributed by atoms with van der Waals surface area (Å²) in [6.45, 7) is 0. The Bertz CT molecular complexity index is 1140. The van der Waals surface area contributed by atoms with E-state index in [1.165, 1.54) is 30.6 Å². The number of rotatable bonds is 4. The first-order valence-electron chi connectivity index (χ1n) is 8.03. The molecule has 10 heteroatoms. The second-order valence-corrected chi connectivity index (χ2v) is 6.73. The summed E-state index contributed by atoms with van der Waals surface area (Å²) < 4.78 is 50.3. The highest BCUT2D eigenvalue weighted by Crippen LogP contribution is 2.34. The van der Waals surface area contributed by atoms with Crippen LogP contribution in [0.1, 0.15) is 5.56 Å². The van der Waals surface area contributed by atoms with E-state index in [9.17, 15) is 13.2 Å². The van der Waals surface area contributed by atoms with Crippen molar-refractivity contribution >= 4 is 16.3 Å². The standard InChI is InChI=1S/C18H13F3N4O2S/c1-26-13-8-5-11(9-14(13)27-2)15-22-23-17-25(15)24-16(28-17)10-3-6-12(7-4-10)18(19,20)21/h3-9H,1-2H3. The molecule has 0 bridgehead atoms. The van der Waals surface area contributed by atoms with Crippen molar-refractivity contribution in [3.05, 3.63) is 48.0 Å². The second-order valence-electron chi connectivity index (χ2n) is 5.77. The Morgan fingerprint density at radius 2 is 1.57 bits per heavy atom. The SMILES string of the molecule is COc1ccc(-c2nnc3sc(-c4ccc(C(F)(F)F)cc4)nn23)cc1OC. The molecule has 0 fully saturated rings. The minimum atomic E-state index is -4.37. The van der Waals surface area contributed by atoms with E-state index in [4.69, 9.17) is 9.47 Å². The molecule has 144 valence electrons. The predicted octanol–water partition coefficient (Wildman–Crippen LogP) is 4.56. The number of benzene rings is 2. The normalized spacial score (nSPS) is 11.8. The van der Waals surface area contributed by atoms with Crippen LogP contribution in [0.25, 0.3) is 26.9 Å². The summed E-state index contributed by atoms with van der Waals surface area (Å²) in [7, 11) is 3.08. The van der Waals surface area contributed by atoms with Crippen LogP contribution in [0.5, 0.6) is 11.5 Å². The smallest absolute Gasteiger partial charge is 0.416 e. The molecule has 0 spiro atoms. The minimum Gasteiger partial charge on any atom is -0.493 e. The van der Waals surface area contributed by atoms with Gasteiger partial charge in [-0.1, -0.05) is 23.5 Å². The topological polar surface area (TPSA) is 61.5 Å². The first-order valence-corrected chi connectivity index (χ1v) is 8.84. The Morgan fingerprint density at radius 3 is 2.21 bits per heavy atom. The number of nitrogens with zero attached hydrogens (tertiary/aromatic N) is 4. The van der Waals surface area contributed by atoms with E-state index >= 15 is 0 Å². The Hall–Kier alpha value is -3.14. The molecule has 2 aromatic heterocycles. The summed E-state index contributed by atoms with van der Waals surface area (Å²) in [5, 5.41) is 13.3. The largest absolute Gasteiger partial charge is 0.493 e. The van der Waals surface area contributed by atoms with Gasteiger partial charge in [0.05, 0.1) is 19.8 Å². The highest BCUT2D eigenvalue weighted by atomic mass is 32.1. The van der Waals surface area contributed by atoms with E-state index < -0.39 is 11.7 Å². The van der Waals surface area contributed by atoms with Crippen molar-refractivity contribution in [2.75, 3.05) is 14.2 Å². The van der Waals surface area contributed by atoms with E-state index in [-0.39, 0.29) is 0 Å². The molecule has 0 N–H and O–H groups in total. The second kappa shape index (κ2) is 6.79. The Morgan fingerprint density at radius 1 is 0.893 bits per heavy atom. The summed E-state index contributed by atoms with van der Waals surface area (Å²) >= 11 is 1.24. The minimum absolute atomic E-state index is 0.491. The molecule has 0 radical (unpaired) electrons. The van der Waals surface area contributed by atoms with Crippen molar-refractivity contribution in [3.8, 4) is 33.5 Å². The zero-order valence-corrected chi connectivity index (χ0v) is 15.5. The Labute approximate surface area is 161 Å². The highest BCUT2D eigenvalue weighted by Gasteiger charge is 2.30. The first-order chi connectivity index (χ1) is 13.4. The van der Waals surface area contributed by atoms with Crippen LogP contribution in [-0.2, 0) is 6.18 Å². The zero-order chi connectivity index (χ0) is 19.9. The van der Waals surface area contributed by atoms with E-state index in [0.717, 1.165) is 17.7 Å². The Kier molecular flexibility index (Phi) is 4.42. The van der Waals surface area contributed by atoms with Gasteiger partial charge in [-0.25, -0.2) is 0 Å². The molecule has 0 amide bonds. The highest BCUT2D eigenvalue weighted by molar-refractivity contribution is 7.19. The van der Waals surface area contributed by atoms with Crippen molar-refractivity contribution in [3.63, 3.8) is 0 Å². The molecule has 2 aromatic carbocycles. The van der Waals surface area contributed by atoms with Crippen LogP contribution in [-0.4, -0.2) is 34.0 Å². The zero-order valence-electron chi connectivity index (χ0n) is 14.7. The molecule has 2 heterocycles. The summed E-state index contributed by atoms with van der Waals surface area (Å²) in [6.07, 6.45) is -4.37. The third-order valence-electron chi connectivity index (χ3n) is 4.09. The molecule has 0 saturated carbocycles. The monoisotopic (exact) mass is 406 g/mol. The van der Waals surface area contributed by atoms with Gasteiger partial charge in [-0.15, -0.1) is 10.2 Å². The van der Waals surface area contributed by atoms with Gasteiger partial charge in [0.15, 0.2) is 17.3 Å². The van der Waals surface area contributed by atoms with Gasteiger partial charge >= 0.3 is 6.18 Å². The fourth-order valence-corrected chi connectivity index (χ4v) is 3.54. The fraction of sp³-hybridized carbons (Fsp3) is 0.167. The number of ether oxygens (including phenoxy) is 2. The number of halogens is 3. The van der Waals surface area contributed by atoms with Gasteiger partial charge in [0.2, 0.25) is 4.96 Å². The summed E-state index contributed by atoms with van der Waals surface area (Å²) in [6, 6.07) is 10.2. The van der Waals surface area contributed by atoms with Gasteiger partial charge in [-0.2, -0.15) is 22.8 Å². The van der Waals surface area contributed by atoms with E-state index in [2.05, 4.69) is 15.3 Å². The number of aromatic nitrogens is 4. The lowest BCUT2D eigenvalue weighted by Gasteiger charge is -2.08. The molecule has 6 nitrogen and oxygen atoms in total. The van der Waals surface area contributed by atoms with E-state index in [1.807, 2.05) is 0 Å². The quantitative estimate of drug-likeness (QED) is 0.497. The van der Waals surface area contributed by atoms with Crippen molar-refractivity contribution < 1.29 is 22.6 Å². The molecule has 4 rings (SSSR count). The molecule has 0 atom stereocenters. The van der Waals surface area contributed by atoms with Crippen LogP contribution in [0.3, 0.4) is 0 Å². The van der Waals surface area contributed by atoms with E-state index in [0.29, 0.717) is 32.9 Å². The number of hydrogen-bond acceptors (Lipinski definition) is 6. The molecule has 0 saturated heterocycles. The summed E-state index contributed by atoms with van der Waals surface area (Å²) in [5.74, 6) is 1.61. The van der Waals surface area contributed by atoms with Crippen LogP contribution < -0.4 is 9.47 Å². The maximum Gasteiger partial charge on any atom is 0.416 e. The number of hydrogen-bond donors (Lipinski definition) is 0. The fourth-order valence-electron chi connectivity index (χ4n) is 2.69. The number of alkyl halides is 3. The number of methoxy groups -OCH3 is 2. The Balaban J connectivity index is 1.73. The maximum atomic E-state index is 12.7. The molecule has 0 unspecified atom stereocenters. The summed E-state index contributed by atoms with van der Waals surface area (Å²) in [4.78, 5) is 0.527. The van der Waals surface area contributed by atoms with Gasteiger partial charge in [-0.05, 0) is 30.3 Å². The third kappa shape index (κ3) is 3.15. The molecule has 28 heavy (non-hydrogen) atoms. The maximum absolute atomic E-state index is 12.7. The van der Waals surface area contributed by atoms with Gasteiger partial charge in [0.1, 0.15) is 5.01 Å². The predicted molar refractivity (Wildman–Crippen MR) is 97.6 cm³/mol. The molecule has 0 aliphatic heterocycles. The van der Waals surface area contributed by atoms with Crippen LogP contribution in [0.2, 0.25) is 0 Å². The van der Waals surface area contributed by atoms with Crippen LogP contribution in [0, 0.1) is 0 Å². The molecule has 0 aliphatic rings. The average molecular weight is 406 g/mol. The van der Waals surface area contributed by atoms with Crippen molar-refractivity contribution in [1.82, 2.24) is 19.8 Å². The lowest BCUT2D eigenvalue weighted by molar-refractivity contribution is -0.137. The summed E-state index contributed by atoms with van der Waals surface area (Å²) in [5.41, 5.74) is 0.585. The average Bonchev–Trinajstić information content (AvgIpc) is 3.27. The van der Waals surface area contributed by atoms with Crippen molar-refractivity contribution in [1.29, 1.82) is 0 Å². The molecular formula is C18H13F3N4O2S. The molecule has 4 aromatic rings. The molecule has 0 aliphatic carbocycles. The lowest BCUT2D eigenvalue weighted by Crippen LogP contribution is -2.04. The van der Waals surface area contributed by atoms with Crippen molar-refractivity contribution in [2.24, 2.45) is 0 Å². The van der Waals surface area contributed by atoms with Gasteiger partial charge < -0.3 is 9.47 Å². The molecular weight excluding hydrogens is 393 g/mol.